The Hall–Kier alpha value is -3.94. The van der Waals surface area contributed by atoms with Gasteiger partial charge in [-0.25, -0.2) is 0 Å². The second-order valence-corrected chi connectivity index (χ2v) is 8.74. The molecule has 0 unspecified atom stereocenters. The summed E-state index contributed by atoms with van der Waals surface area (Å²) in [4.78, 5) is 43.2. The van der Waals surface area contributed by atoms with Crippen molar-refractivity contribution in [2.24, 2.45) is 10.9 Å². The molecule has 2 amide bonds. The Morgan fingerprint density at radius 3 is 2.60 bits per heavy atom. The van der Waals surface area contributed by atoms with Crippen molar-refractivity contribution in [2.45, 2.75) is 39.7 Å². The number of Topliss-reactive ketones (excluding diaryl/α,β-unsaturated/α-hetero) is 1. The predicted molar refractivity (Wildman–Crippen MR) is 134 cm³/mol. The minimum absolute atomic E-state index is 0.0164. The van der Waals surface area contributed by atoms with E-state index < -0.39 is 0 Å². The van der Waals surface area contributed by atoms with Crippen LogP contribution in [0.3, 0.4) is 0 Å². The number of anilines is 1. The summed E-state index contributed by atoms with van der Waals surface area (Å²) in [7, 11) is 1.54. The third-order valence-electron chi connectivity index (χ3n) is 6.08. The summed E-state index contributed by atoms with van der Waals surface area (Å²) in [5.74, 6) is 0.302. The highest BCUT2D eigenvalue weighted by Gasteiger charge is 2.33. The van der Waals surface area contributed by atoms with Crippen molar-refractivity contribution in [1.82, 2.24) is 4.90 Å². The molecular formula is C27H29N3O5. The maximum absolute atomic E-state index is 13.4. The topological polar surface area (TPSA) is 97.3 Å². The fraction of sp³-hybridized carbons (Fsp3) is 0.333. The van der Waals surface area contributed by atoms with Crippen LogP contribution in [0.25, 0.3) is 5.57 Å². The highest BCUT2D eigenvalue weighted by molar-refractivity contribution is 6.05. The molecule has 2 heterocycles. The molecule has 2 atom stereocenters. The summed E-state index contributed by atoms with van der Waals surface area (Å²) >= 11 is 0. The lowest BCUT2D eigenvalue weighted by Gasteiger charge is -2.19. The van der Waals surface area contributed by atoms with Crippen molar-refractivity contribution < 1.29 is 23.9 Å². The molecule has 0 fully saturated rings. The first-order valence-corrected chi connectivity index (χ1v) is 11.6. The number of fused-ring (bicyclic) bond motifs is 2. The first kappa shape index (κ1) is 24.2. The van der Waals surface area contributed by atoms with Gasteiger partial charge < -0.3 is 24.5 Å². The number of benzene rings is 2. The number of amides is 2. The van der Waals surface area contributed by atoms with Crippen molar-refractivity contribution in [3.63, 3.8) is 0 Å². The van der Waals surface area contributed by atoms with Gasteiger partial charge >= 0.3 is 0 Å². The van der Waals surface area contributed by atoms with Gasteiger partial charge in [-0.1, -0.05) is 19.1 Å². The molecule has 4 rings (SSSR count). The Bertz CT molecular complexity index is 1220. The predicted octanol–water partition coefficient (Wildman–Crippen LogP) is 4.62. The number of hydrogen-bond acceptors (Lipinski definition) is 6. The normalized spacial score (nSPS) is 17.1. The number of methoxy groups -OCH3 is 1. The van der Waals surface area contributed by atoms with E-state index in [1.54, 1.807) is 37.3 Å². The average Bonchev–Trinajstić information content (AvgIpc) is 3.22. The molecule has 0 saturated heterocycles. The van der Waals surface area contributed by atoms with Crippen LogP contribution < -0.4 is 14.8 Å². The largest absolute Gasteiger partial charge is 0.493 e. The van der Waals surface area contributed by atoms with Crippen molar-refractivity contribution in [2.75, 3.05) is 19.0 Å². The summed E-state index contributed by atoms with van der Waals surface area (Å²) in [6, 6.07) is 10.7. The molecule has 0 saturated carbocycles. The monoisotopic (exact) mass is 475 g/mol. The van der Waals surface area contributed by atoms with Crippen molar-refractivity contribution >= 4 is 40.8 Å². The van der Waals surface area contributed by atoms with Gasteiger partial charge in [0, 0.05) is 42.9 Å². The highest BCUT2D eigenvalue weighted by Crippen LogP contribution is 2.39. The summed E-state index contributed by atoms with van der Waals surface area (Å²) in [6.45, 7) is 5.58. The van der Waals surface area contributed by atoms with Crippen LogP contribution in [0.5, 0.6) is 11.5 Å². The summed E-state index contributed by atoms with van der Waals surface area (Å²) in [5.41, 5.74) is 3.63. The van der Waals surface area contributed by atoms with Crippen molar-refractivity contribution in [1.29, 1.82) is 0 Å². The van der Waals surface area contributed by atoms with E-state index in [1.165, 1.54) is 6.92 Å². The third kappa shape index (κ3) is 5.11. The van der Waals surface area contributed by atoms with Crippen LogP contribution in [0.4, 0.5) is 11.4 Å². The minimum atomic E-state index is -0.388. The van der Waals surface area contributed by atoms with Crippen LogP contribution in [0.1, 0.15) is 49.5 Å². The number of nitrogens with zero attached hydrogens (tertiary/aromatic N) is 2. The summed E-state index contributed by atoms with van der Waals surface area (Å²) in [6.07, 6.45) is 4.49. The maximum Gasteiger partial charge on any atom is 0.260 e. The van der Waals surface area contributed by atoms with E-state index in [-0.39, 0.29) is 36.0 Å². The van der Waals surface area contributed by atoms with Crippen molar-refractivity contribution in [3.05, 3.63) is 53.7 Å². The van der Waals surface area contributed by atoms with E-state index in [2.05, 4.69) is 10.3 Å². The lowest BCUT2D eigenvalue weighted by molar-refractivity contribution is -0.124. The zero-order valence-electron chi connectivity index (χ0n) is 20.3. The first-order valence-electron chi connectivity index (χ1n) is 11.6. The molecule has 182 valence electrons. The number of hydrogen-bond donors (Lipinski definition) is 1. The second kappa shape index (κ2) is 10.1. The van der Waals surface area contributed by atoms with Crippen molar-refractivity contribution in [3.8, 4) is 11.5 Å². The van der Waals surface area contributed by atoms with Gasteiger partial charge in [-0.2, -0.15) is 0 Å². The highest BCUT2D eigenvalue weighted by atomic mass is 16.5. The van der Waals surface area contributed by atoms with Gasteiger partial charge in [-0.3, -0.25) is 14.6 Å². The standard InChI is InChI=1S/C27H29N3O5/c1-5-35-25-13-23-22(12-24(25)34-4)27(33)30-15-19(11-21(30)14-28-23)18-6-8-20(9-7-18)29-26(32)16(2)10-17(3)31/h6-9,12-16,21H,5,10-11H2,1-4H3,(H,29,32)/t16-,21+/m1/s1. The van der Waals surface area contributed by atoms with E-state index in [9.17, 15) is 14.4 Å². The zero-order valence-corrected chi connectivity index (χ0v) is 20.3. The van der Waals surface area contributed by atoms with Gasteiger partial charge in [0.2, 0.25) is 5.91 Å². The van der Waals surface area contributed by atoms with E-state index in [0.717, 1.165) is 11.1 Å². The number of carbonyl (C=O) groups is 3. The summed E-state index contributed by atoms with van der Waals surface area (Å²) < 4.78 is 11.0. The number of nitrogens with one attached hydrogen (secondary N) is 1. The third-order valence-corrected chi connectivity index (χ3v) is 6.08. The molecule has 2 aliphatic heterocycles. The molecule has 2 aromatic rings. The second-order valence-electron chi connectivity index (χ2n) is 8.74. The molecule has 0 aliphatic carbocycles. The Balaban J connectivity index is 1.52. The van der Waals surface area contributed by atoms with Crippen LogP contribution >= 0.6 is 0 Å². The summed E-state index contributed by atoms with van der Waals surface area (Å²) in [5, 5.41) is 2.85. The molecule has 0 aromatic heterocycles. The lowest BCUT2D eigenvalue weighted by atomic mass is 10.0. The van der Waals surface area contributed by atoms with Gasteiger partial charge in [0.1, 0.15) is 5.78 Å². The molecule has 0 bridgehead atoms. The van der Waals surface area contributed by atoms with Crippen LogP contribution in [0, 0.1) is 5.92 Å². The smallest absolute Gasteiger partial charge is 0.260 e. The van der Waals surface area contributed by atoms with Gasteiger partial charge in [0.15, 0.2) is 11.5 Å². The Labute approximate surface area is 204 Å². The van der Waals surface area contributed by atoms with Gasteiger partial charge in [0.05, 0.1) is 31.0 Å². The van der Waals surface area contributed by atoms with Gasteiger partial charge in [0.25, 0.3) is 5.91 Å². The molecule has 2 aromatic carbocycles. The van der Waals surface area contributed by atoms with E-state index >= 15 is 0 Å². The van der Waals surface area contributed by atoms with Crippen LogP contribution in [0.15, 0.2) is 47.6 Å². The average molecular weight is 476 g/mol. The Morgan fingerprint density at radius 1 is 1.20 bits per heavy atom. The number of carbonyl (C=O) groups excluding carboxylic acids is 3. The molecule has 8 heteroatoms. The van der Waals surface area contributed by atoms with Crippen LogP contribution in [0.2, 0.25) is 0 Å². The maximum atomic E-state index is 13.4. The minimum Gasteiger partial charge on any atom is -0.493 e. The first-order chi connectivity index (χ1) is 16.8. The fourth-order valence-corrected chi connectivity index (χ4v) is 4.28. The van der Waals surface area contributed by atoms with E-state index in [0.29, 0.717) is 41.5 Å². The Kier molecular flexibility index (Phi) is 7.00. The van der Waals surface area contributed by atoms with Crippen LogP contribution in [-0.4, -0.2) is 48.5 Å². The number of ketones is 1. The molecule has 8 nitrogen and oxygen atoms in total. The lowest BCUT2D eigenvalue weighted by Crippen LogP contribution is -2.32. The zero-order chi connectivity index (χ0) is 25.1. The van der Waals surface area contributed by atoms with Gasteiger partial charge in [-0.05, 0) is 43.2 Å². The molecule has 2 aliphatic rings. The number of aliphatic imine (C=N–C) groups is 1. The van der Waals surface area contributed by atoms with Gasteiger partial charge in [-0.15, -0.1) is 0 Å². The Morgan fingerprint density at radius 2 is 1.94 bits per heavy atom. The number of ether oxygens (including phenoxy) is 2. The SMILES string of the molecule is CCOc1cc2c(cc1OC)C(=O)N1C=C(c3ccc(NC(=O)[C@H](C)CC(C)=O)cc3)C[C@H]1C=N2. The quantitative estimate of drug-likeness (QED) is 0.601. The van der Waals surface area contributed by atoms with Crippen LogP contribution in [-0.2, 0) is 9.59 Å². The molecule has 1 N–H and O–H groups in total. The molecule has 0 radical (unpaired) electrons. The number of rotatable bonds is 8. The van der Waals surface area contributed by atoms with E-state index in [1.807, 2.05) is 37.4 Å². The van der Waals surface area contributed by atoms with E-state index in [4.69, 9.17) is 9.47 Å². The molecule has 0 spiro atoms. The molecular weight excluding hydrogens is 446 g/mol. The molecule has 35 heavy (non-hydrogen) atoms. The fourth-order valence-electron chi connectivity index (χ4n) is 4.28.